The number of nitrogens with two attached hydrogens (primary N) is 1. The lowest BCUT2D eigenvalue weighted by Gasteiger charge is -2.04. The highest BCUT2D eigenvalue weighted by atomic mass is 16.4. The smallest absolute Gasteiger partial charge is 0.336 e. The minimum Gasteiger partial charge on any atom is -0.478 e. The minimum absolute atomic E-state index is 0.267. The van der Waals surface area contributed by atoms with Gasteiger partial charge in [-0.05, 0) is 18.2 Å². The molecule has 74 valence electrons. The molecule has 0 saturated carbocycles. The third kappa shape index (κ3) is 1.80. The van der Waals surface area contributed by atoms with Crippen LogP contribution in [-0.4, -0.2) is 22.2 Å². The van der Waals surface area contributed by atoms with Crippen LogP contribution in [0.15, 0.2) is 18.2 Å². The van der Waals surface area contributed by atoms with Crippen LogP contribution in [0, 0.1) is 0 Å². The van der Waals surface area contributed by atoms with Crippen LogP contribution in [0.3, 0.4) is 0 Å². The molecule has 14 heavy (non-hydrogen) atoms. The minimum atomic E-state index is -1.31. The molecule has 6 nitrogen and oxygen atoms in total. The number of rotatable bonds is 3. The van der Waals surface area contributed by atoms with Crippen molar-refractivity contribution in [1.29, 1.82) is 0 Å². The average molecular weight is 196 g/mol. The van der Waals surface area contributed by atoms with Crippen molar-refractivity contribution >= 4 is 17.6 Å². The van der Waals surface area contributed by atoms with E-state index in [2.05, 4.69) is 5.43 Å². The Balaban J connectivity index is 3.31. The third-order valence-corrected chi connectivity index (χ3v) is 1.65. The zero-order valence-corrected chi connectivity index (χ0v) is 7.02. The Morgan fingerprint density at radius 2 is 1.71 bits per heavy atom. The Hall–Kier alpha value is -2.08. The standard InChI is InChI=1S/C8H8N2O4/c9-10-4-1-2-5(7(11)12)6(3-4)8(13)14/h1-3,10H,9H2,(H,11,12)(H,13,14). The number of hydrogen-bond donors (Lipinski definition) is 4. The summed E-state index contributed by atoms with van der Waals surface area (Å²) in [5.41, 5.74) is 2.01. The molecule has 0 aliphatic rings. The number of hydrogen-bond acceptors (Lipinski definition) is 4. The van der Waals surface area contributed by atoms with Crippen LogP contribution in [0.25, 0.3) is 0 Å². The fourth-order valence-corrected chi connectivity index (χ4v) is 0.997. The van der Waals surface area contributed by atoms with Crippen LogP contribution < -0.4 is 11.3 Å². The molecule has 0 radical (unpaired) electrons. The van der Waals surface area contributed by atoms with E-state index in [-0.39, 0.29) is 11.1 Å². The van der Waals surface area contributed by atoms with E-state index in [1.807, 2.05) is 0 Å². The second-order valence-electron chi connectivity index (χ2n) is 2.52. The molecule has 6 heteroatoms. The van der Waals surface area contributed by atoms with Crippen LogP contribution >= 0.6 is 0 Å². The first-order chi connectivity index (χ1) is 6.56. The number of anilines is 1. The zero-order valence-electron chi connectivity index (χ0n) is 7.02. The van der Waals surface area contributed by atoms with Crippen LogP contribution in [0.2, 0.25) is 0 Å². The van der Waals surface area contributed by atoms with Crippen molar-refractivity contribution in [2.24, 2.45) is 5.84 Å². The number of nitrogen functional groups attached to an aromatic ring is 1. The van der Waals surface area contributed by atoms with Gasteiger partial charge in [0.1, 0.15) is 0 Å². The van der Waals surface area contributed by atoms with E-state index in [0.717, 1.165) is 6.07 Å². The molecule has 0 aliphatic carbocycles. The molecule has 0 bridgehead atoms. The first kappa shape index (κ1) is 10.0. The van der Waals surface area contributed by atoms with Gasteiger partial charge in [-0.3, -0.25) is 5.84 Å². The Morgan fingerprint density at radius 1 is 1.14 bits per heavy atom. The summed E-state index contributed by atoms with van der Waals surface area (Å²) in [6, 6.07) is 3.72. The highest BCUT2D eigenvalue weighted by Gasteiger charge is 2.15. The number of nitrogens with one attached hydrogen (secondary N) is 1. The molecule has 0 spiro atoms. The maximum Gasteiger partial charge on any atom is 0.336 e. The molecule has 0 aromatic heterocycles. The number of aromatic carboxylic acids is 2. The van der Waals surface area contributed by atoms with Gasteiger partial charge in [0, 0.05) is 5.69 Å². The van der Waals surface area contributed by atoms with Gasteiger partial charge in [0.15, 0.2) is 0 Å². The molecule has 0 amide bonds. The molecule has 0 unspecified atom stereocenters. The number of hydrazine groups is 1. The maximum absolute atomic E-state index is 10.7. The molecule has 0 aliphatic heterocycles. The van der Waals surface area contributed by atoms with Crippen molar-refractivity contribution in [3.63, 3.8) is 0 Å². The highest BCUT2D eigenvalue weighted by molar-refractivity contribution is 6.02. The van der Waals surface area contributed by atoms with Gasteiger partial charge in [0.05, 0.1) is 11.1 Å². The summed E-state index contributed by atoms with van der Waals surface area (Å²) in [5, 5.41) is 17.4. The van der Waals surface area contributed by atoms with Crippen molar-refractivity contribution in [3.8, 4) is 0 Å². The quantitative estimate of drug-likeness (QED) is 0.410. The van der Waals surface area contributed by atoms with E-state index < -0.39 is 11.9 Å². The van der Waals surface area contributed by atoms with Gasteiger partial charge >= 0.3 is 11.9 Å². The number of carboxylic acids is 2. The predicted molar refractivity (Wildman–Crippen MR) is 48.2 cm³/mol. The Labute approximate surface area is 78.9 Å². The summed E-state index contributed by atoms with van der Waals surface area (Å²) in [7, 11) is 0. The van der Waals surface area contributed by atoms with E-state index in [1.165, 1.54) is 12.1 Å². The highest BCUT2D eigenvalue weighted by Crippen LogP contribution is 2.15. The first-order valence-electron chi connectivity index (χ1n) is 3.63. The molecule has 1 rings (SSSR count). The van der Waals surface area contributed by atoms with Crippen LogP contribution in [-0.2, 0) is 0 Å². The Kier molecular flexibility index (Phi) is 2.68. The molecule has 0 heterocycles. The molecule has 0 fully saturated rings. The van der Waals surface area contributed by atoms with Gasteiger partial charge in [0.2, 0.25) is 0 Å². The lowest BCUT2D eigenvalue weighted by Crippen LogP contribution is -2.11. The molecule has 5 N–H and O–H groups in total. The normalized spacial score (nSPS) is 9.50. The number of benzene rings is 1. The Morgan fingerprint density at radius 3 is 2.14 bits per heavy atom. The van der Waals surface area contributed by atoms with Gasteiger partial charge in [-0.25, -0.2) is 9.59 Å². The summed E-state index contributed by atoms with van der Waals surface area (Å²) >= 11 is 0. The van der Waals surface area contributed by atoms with E-state index in [1.54, 1.807) is 0 Å². The van der Waals surface area contributed by atoms with E-state index in [4.69, 9.17) is 16.1 Å². The topological polar surface area (TPSA) is 113 Å². The molecular formula is C8H8N2O4. The van der Waals surface area contributed by atoms with Crippen molar-refractivity contribution in [1.82, 2.24) is 0 Å². The van der Waals surface area contributed by atoms with E-state index in [9.17, 15) is 9.59 Å². The van der Waals surface area contributed by atoms with E-state index in [0.29, 0.717) is 5.69 Å². The lowest BCUT2D eigenvalue weighted by molar-refractivity contribution is 0.0651. The fourth-order valence-electron chi connectivity index (χ4n) is 0.997. The van der Waals surface area contributed by atoms with Crippen molar-refractivity contribution < 1.29 is 19.8 Å². The van der Waals surface area contributed by atoms with Crippen molar-refractivity contribution in [3.05, 3.63) is 29.3 Å². The van der Waals surface area contributed by atoms with Crippen molar-refractivity contribution in [2.45, 2.75) is 0 Å². The maximum atomic E-state index is 10.7. The molecule has 1 aromatic rings. The first-order valence-corrected chi connectivity index (χ1v) is 3.63. The van der Waals surface area contributed by atoms with Gasteiger partial charge in [-0.15, -0.1) is 0 Å². The summed E-state index contributed by atoms with van der Waals surface area (Å²) in [6.45, 7) is 0. The molecular weight excluding hydrogens is 188 g/mol. The SMILES string of the molecule is NNc1ccc(C(=O)O)c(C(=O)O)c1. The largest absolute Gasteiger partial charge is 0.478 e. The summed E-state index contributed by atoms with van der Waals surface area (Å²) < 4.78 is 0. The second kappa shape index (κ2) is 3.75. The number of carboxylic acid groups (broad SMARTS) is 2. The predicted octanol–water partition coefficient (Wildman–Crippen LogP) is 0.369. The van der Waals surface area contributed by atoms with Crippen LogP contribution in [0.5, 0.6) is 0 Å². The van der Waals surface area contributed by atoms with Crippen molar-refractivity contribution in [2.75, 3.05) is 5.43 Å². The number of carbonyl (C=O) groups is 2. The van der Waals surface area contributed by atoms with E-state index >= 15 is 0 Å². The molecule has 1 aromatic carbocycles. The Bertz CT molecular complexity index is 389. The van der Waals surface area contributed by atoms with Crippen LogP contribution in [0.1, 0.15) is 20.7 Å². The summed E-state index contributed by atoms with van der Waals surface area (Å²) in [4.78, 5) is 21.3. The monoisotopic (exact) mass is 196 g/mol. The zero-order chi connectivity index (χ0) is 10.7. The second-order valence-corrected chi connectivity index (χ2v) is 2.52. The van der Waals surface area contributed by atoms with Gasteiger partial charge in [0.25, 0.3) is 0 Å². The lowest BCUT2D eigenvalue weighted by atomic mass is 10.1. The van der Waals surface area contributed by atoms with Gasteiger partial charge < -0.3 is 15.6 Å². The third-order valence-electron chi connectivity index (χ3n) is 1.65. The van der Waals surface area contributed by atoms with Gasteiger partial charge in [-0.1, -0.05) is 0 Å². The molecule has 0 saturated heterocycles. The van der Waals surface area contributed by atoms with Crippen LogP contribution in [0.4, 0.5) is 5.69 Å². The molecule has 0 atom stereocenters. The fraction of sp³-hybridized carbons (Fsp3) is 0. The summed E-state index contributed by atoms with van der Waals surface area (Å²) in [6.07, 6.45) is 0. The average Bonchev–Trinajstić information content (AvgIpc) is 2.16. The van der Waals surface area contributed by atoms with Gasteiger partial charge in [-0.2, -0.15) is 0 Å². The summed E-state index contributed by atoms with van der Waals surface area (Å²) in [5.74, 6) is 2.46.